The van der Waals surface area contributed by atoms with Crippen molar-refractivity contribution in [2.45, 2.75) is 11.8 Å². The Bertz CT molecular complexity index is 1120. The zero-order valence-corrected chi connectivity index (χ0v) is 17.9. The van der Waals surface area contributed by atoms with Crippen LogP contribution in [0.2, 0.25) is 5.02 Å². The summed E-state index contributed by atoms with van der Waals surface area (Å²) in [7, 11) is -3.58. The Labute approximate surface area is 180 Å². The van der Waals surface area contributed by atoms with Crippen molar-refractivity contribution in [2.75, 3.05) is 36.4 Å². The molecule has 10 heteroatoms. The van der Waals surface area contributed by atoms with E-state index in [4.69, 9.17) is 11.6 Å². The predicted octanol–water partition coefficient (Wildman–Crippen LogP) is 3.09. The van der Waals surface area contributed by atoms with Gasteiger partial charge in [0.2, 0.25) is 10.0 Å². The van der Waals surface area contributed by atoms with Crippen LogP contribution in [0.15, 0.2) is 59.8 Å². The molecule has 4 rings (SSSR count). The molecule has 1 saturated heterocycles. The van der Waals surface area contributed by atoms with Gasteiger partial charge >= 0.3 is 0 Å². The van der Waals surface area contributed by atoms with E-state index < -0.39 is 10.0 Å². The van der Waals surface area contributed by atoms with Gasteiger partial charge in [0.15, 0.2) is 11.6 Å². The number of aryl methyl sites for hydroxylation is 1. The third-order valence-corrected chi connectivity index (χ3v) is 7.25. The van der Waals surface area contributed by atoms with Crippen molar-refractivity contribution >= 4 is 38.9 Å². The first kappa shape index (κ1) is 20.5. The van der Waals surface area contributed by atoms with Gasteiger partial charge in [-0.05, 0) is 48.9 Å². The van der Waals surface area contributed by atoms with Gasteiger partial charge in [-0.2, -0.15) is 4.31 Å². The van der Waals surface area contributed by atoms with E-state index in [1.165, 1.54) is 10.4 Å². The number of piperazine rings is 1. The van der Waals surface area contributed by atoms with Crippen LogP contribution in [0.4, 0.5) is 17.3 Å². The molecule has 1 N–H and O–H groups in total. The minimum Gasteiger partial charge on any atom is -0.352 e. The first-order valence-corrected chi connectivity index (χ1v) is 11.3. The van der Waals surface area contributed by atoms with Gasteiger partial charge in [0, 0.05) is 49.3 Å². The van der Waals surface area contributed by atoms with Crippen LogP contribution in [0.5, 0.6) is 0 Å². The van der Waals surface area contributed by atoms with Gasteiger partial charge in [0.25, 0.3) is 0 Å². The second kappa shape index (κ2) is 8.55. The highest BCUT2D eigenvalue weighted by molar-refractivity contribution is 7.89. The summed E-state index contributed by atoms with van der Waals surface area (Å²) in [5, 5.41) is 12.1. The molecule has 1 aliphatic heterocycles. The third kappa shape index (κ3) is 4.38. The topological polar surface area (TPSA) is 91.3 Å². The third-order valence-electron chi connectivity index (χ3n) is 4.95. The van der Waals surface area contributed by atoms with Crippen molar-refractivity contribution < 1.29 is 8.42 Å². The van der Waals surface area contributed by atoms with E-state index in [2.05, 4.69) is 20.5 Å². The summed E-state index contributed by atoms with van der Waals surface area (Å²) in [5.41, 5.74) is 1.72. The molecule has 156 valence electrons. The van der Waals surface area contributed by atoms with Crippen molar-refractivity contribution in [3.8, 4) is 0 Å². The summed E-state index contributed by atoms with van der Waals surface area (Å²) in [6.45, 7) is 3.64. The largest absolute Gasteiger partial charge is 0.352 e. The molecule has 2 aromatic heterocycles. The van der Waals surface area contributed by atoms with Crippen molar-refractivity contribution in [1.82, 2.24) is 19.5 Å². The van der Waals surface area contributed by atoms with E-state index in [-0.39, 0.29) is 4.90 Å². The first-order chi connectivity index (χ1) is 14.4. The van der Waals surface area contributed by atoms with Gasteiger partial charge in [0.05, 0.1) is 4.90 Å². The van der Waals surface area contributed by atoms with Crippen LogP contribution in [-0.4, -0.2) is 54.1 Å². The number of anilines is 3. The van der Waals surface area contributed by atoms with E-state index in [0.717, 1.165) is 11.3 Å². The van der Waals surface area contributed by atoms with E-state index in [0.29, 0.717) is 42.8 Å². The number of hydrogen-bond acceptors (Lipinski definition) is 7. The van der Waals surface area contributed by atoms with Crippen LogP contribution in [-0.2, 0) is 10.0 Å². The first-order valence-electron chi connectivity index (χ1n) is 9.45. The summed E-state index contributed by atoms with van der Waals surface area (Å²) in [6.07, 6.45) is 3.39. The van der Waals surface area contributed by atoms with Gasteiger partial charge in [-0.1, -0.05) is 17.7 Å². The Morgan fingerprint density at radius 2 is 1.70 bits per heavy atom. The van der Waals surface area contributed by atoms with Crippen LogP contribution in [0.1, 0.15) is 5.56 Å². The zero-order valence-electron chi connectivity index (χ0n) is 16.4. The summed E-state index contributed by atoms with van der Waals surface area (Å²) < 4.78 is 27.3. The lowest BCUT2D eigenvalue weighted by Gasteiger charge is -2.34. The summed E-state index contributed by atoms with van der Waals surface area (Å²) in [6, 6.07) is 12.2. The Morgan fingerprint density at radius 3 is 2.33 bits per heavy atom. The fourth-order valence-corrected chi connectivity index (χ4v) is 4.88. The van der Waals surface area contributed by atoms with E-state index >= 15 is 0 Å². The highest BCUT2D eigenvalue weighted by Crippen LogP contribution is 2.24. The molecule has 8 nitrogen and oxygen atoms in total. The van der Waals surface area contributed by atoms with E-state index in [1.54, 1.807) is 24.5 Å². The SMILES string of the molecule is Cc1ccc(S(=O)(=O)N2CCN(c3ccc(Nc4ccncc4)nn3)CC2)cc1Cl. The monoisotopic (exact) mass is 444 g/mol. The van der Waals surface area contributed by atoms with Gasteiger partial charge in [-0.15, -0.1) is 10.2 Å². The maximum Gasteiger partial charge on any atom is 0.243 e. The molecule has 3 heterocycles. The standard InChI is InChI=1S/C20H21ClN6O2S/c1-15-2-3-17(14-18(15)21)30(28,29)27-12-10-26(11-13-27)20-5-4-19(24-25-20)23-16-6-8-22-9-7-16/h2-9,14H,10-13H2,1H3,(H,22,23,24). The Balaban J connectivity index is 1.40. The molecule has 1 aromatic carbocycles. The van der Waals surface area contributed by atoms with Crippen LogP contribution in [0.3, 0.4) is 0 Å². The lowest BCUT2D eigenvalue weighted by Crippen LogP contribution is -2.49. The van der Waals surface area contributed by atoms with Gasteiger partial charge in [-0.3, -0.25) is 4.98 Å². The summed E-state index contributed by atoms with van der Waals surface area (Å²) in [5.74, 6) is 1.34. The molecule has 1 fully saturated rings. The minimum atomic E-state index is -3.58. The molecule has 0 aliphatic carbocycles. The normalized spacial score (nSPS) is 15.2. The number of sulfonamides is 1. The lowest BCUT2D eigenvalue weighted by atomic mass is 10.2. The quantitative estimate of drug-likeness (QED) is 0.646. The maximum absolute atomic E-state index is 12.9. The minimum absolute atomic E-state index is 0.220. The molecule has 0 spiro atoms. The fraction of sp³-hybridized carbons (Fsp3) is 0.250. The number of benzene rings is 1. The van der Waals surface area contributed by atoms with E-state index in [1.807, 2.05) is 36.1 Å². The number of nitrogens with zero attached hydrogens (tertiary/aromatic N) is 5. The molecule has 30 heavy (non-hydrogen) atoms. The van der Waals surface area contributed by atoms with Crippen LogP contribution >= 0.6 is 11.6 Å². The maximum atomic E-state index is 12.9. The van der Waals surface area contributed by atoms with Gasteiger partial charge < -0.3 is 10.2 Å². The molecule has 0 amide bonds. The predicted molar refractivity (Wildman–Crippen MR) is 117 cm³/mol. The average molecular weight is 445 g/mol. The molecule has 1 aliphatic rings. The van der Waals surface area contributed by atoms with Crippen molar-refractivity contribution in [3.63, 3.8) is 0 Å². The molecule has 0 radical (unpaired) electrons. The molecule has 3 aromatic rings. The molecule has 0 bridgehead atoms. The van der Waals surface area contributed by atoms with Crippen LogP contribution in [0.25, 0.3) is 0 Å². The van der Waals surface area contributed by atoms with Crippen molar-refractivity contribution in [1.29, 1.82) is 0 Å². The molecular weight excluding hydrogens is 424 g/mol. The van der Waals surface area contributed by atoms with Crippen molar-refractivity contribution in [2.24, 2.45) is 0 Å². The number of pyridine rings is 1. The molecule has 0 unspecified atom stereocenters. The Hall–Kier alpha value is -2.75. The highest BCUT2D eigenvalue weighted by Gasteiger charge is 2.29. The zero-order chi connectivity index (χ0) is 21.1. The average Bonchev–Trinajstić information content (AvgIpc) is 2.77. The number of aromatic nitrogens is 3. The smallest absolute Gasteiger partial charge is 0.243 e. The number of hydrogen-bond donors (Lipinski definition) is 1. The molecular formula is C20H21ClN6O2S. The van der Waals surface area contributed by atoms with Crippen LogP contribution in [0, 0.1) is 6.92 Å². The van der Waals surface area contributed by atoms with Crippen LogP contribution < -0.4 is 10.2 Å². The van der Waals surface area contributed by atoms with Gasteiger partial charge in [0.1, 0.15) is 0 Å². The fourth-order valence-electron chi connectivity index (χ4n) is 3.18. The second-order valence-electron chi connectivity index (χ2n) is 6.94. The second-order valence-corrected chi connectivity index (χ2v) is 9.28. The van der Waals surface area contributed by atoms with Crippen molar-refractivity contribution in [3.05, 3.63) is 65.4 Å². The molecule has 0 atom stereocenters. The number of nitrogens with one attached hydrogen (secondary N) is 1. The number of rotatable bonds is 5. The highest BCUT2D eigenvalue weighted by atomic mass is 35.5. The molecule has 0 saturated carbocycles. The summed E-state index contributed by atoms with van der Waals surface area (Å²) >= 11 is 6.11. The summed E-state index contributed by atoms with van der Waals surface area (Å²) in [4.78, 5) is 6.22. The Morgan fingerprint density at radius 1 is 0.967 bits per heavy atom. The van der Waals surface area contributed by atoms with E-state index in [9.17, 15) is 8.42 Å². The lowest BCUT2D eigenvalue weighted by molar-refractivity contribution is 0.383. The number of halogens is 1. The Kier molecular flexibility index (Phi) is 5.85. The van der Waals surface area contributed by atoms with Gasteiger partial charge in [-0.25, -0.2) is 8.42 Å².